The number of carbonyl (C=O) groups excluding carboxylic acids is 1. The number of aryl methyl sites for hydroxylation is 1. The molecule has 1 heterocycles. The fraction of sp³-hybridized carbons (Fsp3) is 0.316. The third-order valence-corrected chi connectivity index (χ3v) is 5.88. The summed E-state index contributed by atoms with van der Waals surface area (Å²) < 4.78 is 41.2. The minimum Gasteiger partial charge on any atom is -0.348 e. The van der Waals surface area contributed by atoms with Gasteiger partial charge in [-0.25, -0.2) is 12.8 Å². The number of piperidine rings is 1. The molecule has 0 unspecified atom stereocenters. The molecule has 1 amide bonds. The van der Waals surface area contributed by atoms with Crippen LogP contribution in [0.1, 0.15) is 28.8 Å². The van der Waals surface area contributed by atoms with Crippen LogP contribution in [0.3, 0.4) is 0 Å². The fourth-order valence-electron chi connectivity index (χ4n) is 3.00. The number of nitrogens with one attached hydrogen (secondary N) is 3. The fourth-order valence-corrected chi connectivity index (χ4v) is 4.09. The van der Waals surface area contributed by atoms with Crippen LogP contribution in [-0.4, -0.2) is 33.5 Å². The van der Waals surface area contributed by atoms with Gasteiger partial charge in [-0.05, 0) is 56.1 Å². The largest absolute Gasteiger partial charge is 0.348 e. The van der Waals surface area contributed by atoms with Gasteiger partial charge in [0, 0.05) is 18.2 Å². The minimum absolute atomic E-state index is 0.0162. The van der Waals surface area contributed by atoms with Gasteiger partial charge < -0.3 is 10.6 Å². The summed E-state index contributed by atoms with van der Waals surface area (Å²) in [6.45, 7) is 3.37. The Morgan fingerprint density at radius 2 is 2.00 bits per heavy atom. The Morgan fingerprint density at radius 3 is 2.70 bits per heavy atom. The van der Waals surface area contributed by atoms with Gasteiger partial charge >= 0.3 is 0 Å². The molecule has 0 bridgehead atoms. The van der Waals surface area contributed by atoms with E-state index in [0.717, 1.165) is 19.4 Å². The predicted molar refractivity (Wildman–Crippen MR) is 102 cm³/mol. The SMILES string of the molecule is Cc1ccc(S(=O)(=O)Nc2ccccc2F)cc1C(=O)N[C@H]1CCCNC1. The first-order chi connectivity index (χ1) is 12.9. The van der Waals surface area contributed by atoms with Crippen molar-refractivity contribution < 1.29 is 17.6 Å². The maximum Gasteiger partial charge on any atom is 0.262 e. The summed E-state index contributed by atoms with van der Waals surface area (Å²) >= 11 is 0. The molecule has 0 spiro atoms. The molecule has 1 fully saturated rings. The number of para-hydroxylation sites is 1. The number of hydrogen-bond acceptors (Lipinski definition) is 4. The summed E-state index contributed by atoms with van der Waals surface area (Å²) in [5, 5.41) is 6.16. The Morgan fingerprint density at radius 1 is 1.22 bits per heavy atom. The smallest absolute Gasteiger partial charge is 0.262 e. The summed E-state index contributed by atoms with van der Waals surface area (Å²) in [5.74, 6) is -0.986. The van der Waals surface area contributed by atoms with E-state index < -0.39 is 15.8 Å². The van der Waals surface area contributed by atoms with Crippen molar-refractivity contribution >= 4 is 21.6 Å². The average molecular weight is 391 g/mol. The van der Waals surface area contributed by atoms with E-state index in [4.69, 9.17) is 0 Å². The van der Waals surface area contributed by atoms with Crippen molar-refractivity contribution in [2.75, 3.05) is 17.8 Å². The number of sulfonamides is 1. The minimum atomic E-state index is -4.02. The van der Waals surface area contributed by atoms with E-state index in [-0.39, 0.29) is 28.1 Å². The monoisotopic (exact) mass is 391 g/mol. The first-order valence-corrected chi connectivity index (χ1v) is 10.2. The van der Waals surface area contributed by atoms with Crippen molar-refractivity contribution in [2.45, 2.75) is 30.7 Å². The van der Waals surface area contributed by atoms with Gasteiger partial charge in [0.1, 0.15) is 5.82 Å². The summed E-state index contributed by atoms with van der Waals surface area (Å²) in [6, 6.07) is 9.83. The van der Waals surface area contributed by atoms with Gasteiger partial charge in [-0.15, -0.1) is 0 Å². The Hall–Kier alpha value is -2.45. The molecule has 8 heteroatoms. The van der Waals surface area contributed by atoms with E-state index in [2.05, 4.69) is 15.4 Å². The van der Waals surface area contributed by atoms with Gasteiger partial charge in [0.25, 0.3) is 15.9 Å². The molecule has 27 heavy (non-hydrogen) atoms. The lowest BCUT2D eigenvalue weighted by molar-refractivity contribution is 0.0930. The number of anilines is 1. The molecule has 3 rings (SSSR count). The van der Waals surface area contributed by atoms with Crippen molar-refractivity contribution in [3.63, 3.8) is 0 Å². The van der Waals surface area contributed by atoms with Gasteiger partial charge in [0.15, 0.2) is 0 Å². The molecule has 6 nitrogen and oxygen atoms in total. The average Bonchev–Trinajstić information content (AvgIpc) is 2.64. The van der Waals surface area contributed by atoms with Crippen LogP contribution >= 0.6 is 0 Å². The highest BCUT2D eigenvalue weighted by atomic mass is 32.2. The molecule has 0 aliphatic carbocycles. The van der Waals surface area contributed by atoms with Crippen molar-refractivity contribution in [3.05, 3.63) is 59.4 Å². The molecule has 3 N–H and O–H groups in total. The Balaban J connectivity index is 1.83. The first kappa shape index (κ1) is 19.3. The quantitative estimate of drug-likeness (QED) is 0.731. The van der Waals surface area contributed by atoms with E-state index in [1.165, 1.54) is 36.4 Å². The first-order valence-electron chi connectivity index (χ1n) is 8.76. The van der Waals surface area contributed by atoms with Crippen molar-refractivity contribution in [1.29, 1.82) is 0 Å². The molecule has 1 atom stereocenters. The van der Waals surface area contributed by atoms with E-state index in [1.54, 1.807) is 13.0 Å². The lowest BCUT2D eigenvalue weighted by Crippen LogP contribution is -2.45. The van der Waals surface area contributed by atoms with Gasteiger partial charge in [-0.2, -0.15) is 0 Å². The number of amides is 1. The highest BCUT2D eigenvalue weighted by Gasteiger charge is 2.21. The second-order valence-corrected chi connectivity index (χ2v) is 8.26. The summed E-state index contributed by atoms with van der Waals surface area (Å²) in [5.41, 5.74) is 0.815. The Labute approximate surface area is 158 Å². The normalized spacial score (nSPS) is 17.3. The van der Waals surface area contributed by atoms with Crippen LogP contribution in [0.4, 0.5) is 10.1 Å². The third-order valence-electron chi connectivity index (χ3n) is 4.51. The van der Waals surface area contributed by atoms with Crippen LogP contribution in [0.5, 0.6) is 0 Å². The molecule has 0 radical (unpaired) electrons. The summed E-state index contributed by atoms with van der Waals surface area (Å²) in [7, 11) is -4.02. The van der Waals surface area contributed by atoms with Gasteiger partial charge in [-0.3, -0.25) is 9.52 Å². The lowest BCUT2D eigenvalue weighted by Gasteiger charge is -2.24. The third kappa shape index (κ3) is 4.64. The topological polar surface area (TPSA) is 87.3 Å². The second-order valence-electron chi connectivity index (χ2n) is 6.58. The zero-order chi connectivity index (χ0) is 19.4. The van der Waals surface area contributed by atoms with Crippen LogP contribution < -0.4 is 15.4 Å². The maximum absolute atomic E-state index is 13.8. The van der Waals surface area contributed by atoms with Crippen LogP contribution in [-0.2, 0) is 10.0 Å². The zero-order valence-corrected chi connectivity index (χ0v) is 15.8. The molecule has 0 saturated carbocycles. The lowest BCUT2D eigenvalue weighted by atomic mass is 10.1. The molecule has 1 aliphatic rings. The molecule has 1 saturated heterocycles. The standard InChI is InChI=1S/C19H22FN3O3S/c1-13-8-9-15(27(25,26)23-18-7-3-2-6-17(18)20)11-16(13)19(24)22-14-5-4-10-21-12-14/h2-3,6-9,11,14,21,23H,4-5,10,12H2,1H3,(H,22,24)/t14-/m0/s1. The van der Waals surface area contributed by atoms with E-state index in [0.29, 0.717) is 12.1 Å². The van der Waals surface area contributed by atoms with E-state index >= 15 is 0 Å². The molecule has 144 valence electrons. The van der Waals surface area contributed by atoms with Gasteiger partial charge in [0.05, 0.1) is 10.6 Å². The molecule has 2 aromatic carbocycles. The number of rotatable bonds is 5. The number of benzene rings is 2. The number of carbonyl (C=O) groups is 1. The van der Waals surface area contributed by atoms with Gasteiger partial charge in [0.2, 0.25) is 0 Å². The van der Waals surface area contributed by atoms with Gasteiger partial charge in [-0.1, -0.05) is 18.2 Å². The van der Waals surface area contributed by atoms with E-state index in [1.807, 2.05) is 0 Å². The number of hydrogen-bond donors (Lipinski definition) is 3. The van der Waals surface area contributed by atoms with Crippen molar-refractivity contribution in [3.8, 4) is 0 Å². The molecule has 1 aliphatic heterocycles. The van der Waals surface area contributed by atoms with Crippen LogP contribution in [0.15, 0.2) is 47.4 Å². The van der Waals surface area contributed by atoms with Crippen molar-refractivity contribution in [1.82, 2.24) is 10.6 Å². The van der Waals surface area contributed by atoms with Crippen molar-refractivity contribution in [2.24, 2.45) is 0 Å². The maximum atomic E-state index is 13.8. The van der Waals surface area contributed by atoms with E-state index in [9.17, 15) is 17.6 Å². The van der Waals surface area contributed by atoms with Crippen LogP contribution in [0.2, 0.25) is 0 Å². The zero-order valence-electron chi connectivity index (χ0n) is 15.0. The summed E-state index contributed by atoms with van der Waals surface area (Å²) in [6.07, 6.45) is 1.86. The Kier molecular flexibility index (Phi) is 5.76. The second kappa shape index (κ2) is 8.06. The molecule has 2 aromatic rings. The highest BCUT2D eigenvalue weighted by molar-refractivity contribution is 7.92. The molecular weight excluding hydrogens is 369 g/mol. The molecular formula is C19H22FN3O3S. The number of halogens is 1. The predicted octanol–water partition coefficient (Wildman–Crippen LogP) is 2.42. The Bertz CT molecular complexity index is 941. The summed E-state index contributed by atoms with van der Waals surface area (Å²) in [4.78, 5) is 12.5. The highest BCUT2D eigenvalue weighted by Crippen LogP contribution is 2.21. The van der Waals surface area contributed by atoms with Crippen LogP contribution in [0.25, 0.3) is 0 Å². The van der Waals surface area contributed by atoms with Crippen LogP contribution in [0, 0.1) is 12.7 Å². The molecule has 0 aromatic heterocycles.